The van der Waals surface area contributed by atoms with Crippen molar-refractivity contribution < 1.29 is 4.39 Å². The number of halogens is 2. The predicted molar refractivity (Wildman–Crippen MR) is 112 cm³/mol. The summed E-state index contributed by atoms with van der Waals surface area (Å²) >= 11 is 1.89. The predicted octanol–water partition coefficient (Wildman–Crippen LogP) is 4.07. The summed E-state index contributed by atoms with van der Waals surface area (Å²) in [5, 5.41) is 6.61. The van der Waals surface area contributed by atoms with E-state index in [2.05, 4.69) is 28.8 Å². The summed E-state index contributed by atoms with van der Waals surface area (Å²) in [5.74, 6) is 1.93. The van der Waals surface area contributed by atoms with Gasteiger partial charge in [0.05, 0.1) is 0 Å². The van der Waals surface area contributed by atoms with Crippen molar-refractivity contribution in [2.24, 2.45) is 4.99 Å². The van der Waals surface area contributed by atoms with Gasteiger partial charge in [0, 0.05) is 19.6 Å². The maximum absolute atomic E-state index is 13.1. The molecule has 0 amide bonds. The highest BCUT2D eigenvalue weighted by molar-refractivity contribution is 14.0. The molecule has 0 fully saturated rings. The first kappa shape index (κ1) is 22.5. The number of thioether (sulfide) groups is 1. The fourth-order valence-electron chi connectivity index (χ4n) is 2.09. The monoisotopic (exact) mass is 453 g/mol. The largest absolute Gasteiger partial charge is 0.357 e. The quantitative estimate of drug-likeness (QED) is 0.243. The minimum absolute atomic E-state index is 0. The molecule has 0 unspecified atom stereocenters. The second-order valence-electron chi connectivity index (χ2n) is 5.12. The number of hydrogen-bond donors (Lipinski definition) is 2. The highest BCUT2D eigenvalue weighted by atomic mass is 127. The van der Waals surface area contributed by atoms with E-state index in [1.165, 1.54) is 18.2 Å². The molecule has 0 aliphatic carbocycles. The van der Waals surface area contributed by atoms with Gasteiger partial charge in [-0.15, -0.1) is 24.0 Å². The molecule has 1 aromatic carbocycles. The first-order chi connectivity index (χ1) is 10.8. The maximum Gasteiger partial charge on any atom is 0.191 e. The van der Waals surface area contributed by atoms with E-state index in [0.29, 0.717) is 0 Å². The van der Waals surface area contributed by atoms with E-state index in [1.807, 2.05) is 17.8 Å². The molecule has 0 atom stereocenters. The smallest absolute Gasteiger partial charge is 0.191 e. The Kier molecular flexibility index (Phi) is 14.7. The second-order valence-corrected chi connectivity index (χ2v) is 6.11. The van der Waals surface area contributed by atoms with Crippen LogP contribution in [0.3, 0.4) is 0 Å². The van der Waals surface area contributed by atoms with Crippen molar-refractivity contribution in [1.29, 1.82) is 0 Å². The van der Waals surface area contributed by atoms with E-state index < -0.39 is 0 Å². The number of guanidine groups is 1. The van der Waals surface area contributed by atoms with E-state index >= 15 is 0 Å². The Morgan fingerprint density at radius 1 is 1.22 bits per heavy atom. The summed E-state index contributed by atoms with van der Waals surface area (Å²) in [4.78, 5) is 4.56. The Bertz CT molecular complexity index is 444. The molecule has 0 saturated heterocycles. The maximum atomic E-state index is 13.1. The van der Waals surface area contributed by atoms with E-state index in [1.54, 1.807) is 12.1 Å². The molecule has 0 spiro atoms. The van der Waals surface area contributed by atoms with Gasteiger partial charge in [0.2, 0.25) is 0 Å². The van der Waals surface area contributed by atoms with Crippen molar-refractivity contribution in [2.45, 2.75) is 32.6 Å². The Hall–Kier alpha value is -0.500. The molecule has 0 saturated carbocycles. The van der Waals surface area contributed by atoms with Crippen LogP contribution in [0.2, 0.25) is 0 Å². The Morgan fingerprint density at radius 3 is 2.74 bits per heavy atom. The molecule has 0 heterocycles. The third-order valence-electron chi connectivity index (χ3n) is 3.19. The van der Waals surface area contributed by atoms with Crippen molar-refractivity contribution in [3.63, 3.8) is 0 Å². The number of unbranched alkanes of at least 4 members (excludes halogenated alkanes) is 1. The molecule has 6 heteroatoms. The van der Waals surface area contributed by atoms with Crippen LogP contribution in [0.25, 0.3) is 0 Å². The third kappa shape index (κ3) is 11.6. The number of benzene rings is 1. The zero-order valence-electron chi connectivity index (χ0n) is 14.1. The fraction of sp³-hybridized carbons (Fsp3) is 0.588. The molecule has 0 aliphatic heterocycles. The van der Waals surface area contributed by atoms with Gasteiger partial charge in [-0.2, -0.15) is 11.8 Å². The first-order valence-corrected chi connectivity index (χ1v) is 9.41. The van der Waals surface area contributed by atoms with Crippen molar-refractivity contribution in [1.82, 2.24) is 10.6 Å². The summed E-state index contributed by atoms with van der Waals surface area (Å²) in [5.41, 5.74) is 1.03. The Balaban J connectivity index is 0.00000484. The standard InChI is InChI=1S/C17H28FN3S.HI/c1-3-19-17(20-11-4-5-13-22-2)21-12-7-9-15-8-6-10-16(18)14-15;/h6,8,10,14H,3-5,7,9,11-13H2,1-2H3,(H2,19,20,21);1H. The third-order valence-corrected chi connectivity index (χ3v) is 3.89. The highest BCUT2D eigenvalue weighted by Crippen LogP contribution is 2.06. The molecule has 2 N–H and O–H groups in total. The number of rotatable bonds is 10. The van der Waals surface area contributed by atoms with Gasteiger partial charge in [-0.1, -0.05) is 12.1 Å². The lowest BCUT2D eigenvalue weighted by Crippen LogP contribution is -2.37. The van der Waals surface area contributed by atoms with Crippen molar-refractivity contribution in [3.8, 4) is 0 Å². The summed E-state index contributed by atoms with van der Waals surface area (Å²) < 4.78 is 13.1. The number of nitrogens with one attached hydrogen (secondary N) is 2. The van der Waals surface area contributed by atoms with Gasteiger partial charge in [-0.3, -0.25) is 4.99 Å². The van der Waals surface area contributed by atoms with Gasteiger partial charge in [0.25, 0.3) is 0 Å². The average Bonchev–Trinajstić information content (AvgIpc) is 2.51. The van der Waals surface area contributed by atoms with Crippen molar-refractivity contribution in [3.05, 3.63) is 35.6 Å². The van der Waals surface area contributed by atoms with Crippen LogP contribution in [-0.4, -0.2) is 37.6 Å². The minimum atomic E-state index is -0.166. The van der Waals surface area contributed by atoms with Gasteiger partial charge in [0.15, 0.2) is 5.96 Å². The minimum Gasteiger partial charge on any atom is -0.357 e. The molecule has 1 aromatic rings. The molecule has 0 radical (unpaired) electrons. The zero-order chi connectivity index (χ0) is 16.0. The van der Waals surface area contributed by atoms with Gasteiger partial charge < -0.3 is 10.6 Å². The summed E-state index contributed by atoms with van der Waals surface area (Å²) in [6.07, 6.45) is 6.31. The summed E-state index contributed by atoms with van der Waals surface area (Å²) in [7, 11) is 0. The first-order valence-electron chi connectivity index (χ1n) is 8.01. The van der Waals surface area contributed by atoms with Crippen molar-refractivity contribution in [2.75, 3.05) is 31.6 Å². The number of nitrogens with zero attached hydrogens (tertiary/aromatic N) is 1. The fourth-order valence-corrected chi connectivity index (χ4v) is 2.58. The van der Waals surface area contributed by atoms with Gasteiger partial charge in [-0.25, -0.2) is 4.39 Å². The Morgan fingerprint density at radius 2 is 2.04 bits per heavy atom. The lowest BCUT2D eigenvalue weighted by molar-refractivity contribution is 0.624. The van der Waals surface area contributed by atoms with E-state index in [4.69, 9.17) is 0 Å². The van der Waals surface area contributed by atoms with Crippen molar-refractivity contribution >= 4 is 41.7 Å². The van der Waals surface area contributed by atoms with E-state index in [-0.39, 0.29) is 29.8 Å². The van der Waals surface area contributed by atoms with Crippen LogP contribution < -0.4 is 10.6 Å². The summed E-state index contributed by atoms with van der Waals surface area (Å²) in [6.45, 7) is 4.63. The van der Waals surface area contributed by atoms with Gasteiger partial charge >= 0.3 is 0 Å². The van der Waals surface area contributed by atoms with Gasteiger partial charge in [0.1, 0.15) is 5.82 Å². The molecule has 0 aromatic heterocycles. The molecular weight excluding hydrogens is 424 g/mol. The highest BCUT2D eigenvalue weighted by Gasteiger charge is 1.98. The van der Waals surface area contributed by atoms with Crippen LogP contribution in [-0.2, 0) is 6.42 Å². The van der Waals surface area contributed by atoms with Crippen LogP contribution in [0.15, 0.2) is 29.3 Å². The lowest BCUT2D eigenvalue weighted by atomic mass is 10.1. The number of hydrogen-bond acceptors (Lipinski definition) is 2. The van der Waals surface area contributed by atoms with Crippen LogP contribution >= 0.6 is 35.7 Å². The van der Waals surface area contributed by atoms with E-state index in [9.17, 15) is 4.39 Å². The lowest BCUT2D eigenvalue weighted by Gasteiger charge is -2.11. The number of aliphatic imine (C=N–C) groups is 1. The summed E-state index contributed by atoms with van der Waals surface area (Å²) in [6, 6.07) is 6.79. The Labute approximate surface area is 161 Å². The molecule has 0 aliphatic rings. The molecule has 3 nitrogen and oxygen atoms in total. The zero-order valence-corrected chi connectivity index (χ0v) is 17.3. The molecule has 1 rings (SSSR count). The second kappa shape index (κ2) is 15.1. The SMILES string of the molecule is CCNC(=NCCCc1cccc(F)c1)NCCCCSC.I. The van der Waals surface area contributed by atoms with Crippen LogP contribution in [0, 0.1) is 5.82 Å². The molecule has 23 heavy (non-hydrogen) atoms. The molecular formula is C17H29FIN3S. The van der Waals surface area contributed by atoms with Gasteiger partial charge in [-0.05, 0) is 62.3 Å². The van der Waals surface area contributed by atoms with Crippen LogP contribution in [0.5, 0.6) is 0 Å². The molecule has 132 valence electrons. The molecule has 0 bridgehead atoms. The van der Waals surface area contributed by atoms with E-state index in [0.717, 1.165) is 50.4 Å². The van der Waals surface area contributed by atoms with Crippen LogP contribution in [0.4, 0.5) is 4.39 Å². The topological polar surface area (TPSA) is 36.4 Å². The average molecular weight is 453 g/mol. The normalized spacial score (nSPS) is 11.0. The van der Waals surface area contributed by atoms with Crippen LogP contribution in [0.1, 0.15) is 31.7 Å². The number of aryl methyl sites for hydroxylation is 1.